The summed E-state index contributed by atoms with van der Waals surface area (Å²) in [7, 11) is 4.61. The van der Waals surface area contributed by atoms with Gasteiger partial charge in [0.2, 0.25) is 5.75 Å². The van der Waals surface area contributed by atoms with Crippen LogP contribution >= 0.6 is 0 Å². The quantitative estimate of drug-likeness (QED) is 0.417. The number of carbonyl (C=O) groups excluding carboxylic acids is 1. The number of rotatable bonds is 9. The highest BCUT2D eigenvalue weighted by atomic mass is 16.5. The normalized spacial score (nSPS) is 10.5. The van der Waals surface area contributed by atoms with Crippen molar-refractivity contribution >= 4 is 12.1 Å². The maximum atomic E-state index is 12.4. The lowest BCUT2D eigenvalue weighted by Gasteiger charge is -2.15. The van der Waals surface area contributed by atoms with Gasteiger partial charge < -0.3 is 18.9 Å². The molecule has 3 aromatic carbocycles. The molecule has 0 aromatic heterocycles. The van der Waals surface area contributed by atoms with Crippen LogP contribution in [0.1, 0.15) is 21.5 Å². The smallest absolute Gasteiger partial charge is 0.275 e. The van der Waals surface area contributed by atoms with Gasteiger partial charge in [0.05, 0.1) is 33.1 Å². The number of hydrogen-bond acceptors (Lipinski definition) is 6. The zero-order valence-corrected chi connectivity index (χ0v) is 17.6. The second-order valence-electron chi connectivity index (χ2n) is 6.43. The minimum absolute atomic E-state index is 0.371. The number of nitrogens with one attached hydrogen (secondary N) is 1. The fraction of sp³-hybridized carbons (Fsp3) is 0.167. The molecule has 3 aromatic rings. The van der Waals surface area contributed by atoms with E-state index in [4.69, 9.17) is 18.9 Å². The van der Waals surface area contributed by atoms with Gasteiger partial charge in [0.15, 0.2) is 11.5 Å². The van der Waals surface area contributed by atoms with Crippen molar-refractivity contribution in [3.05, 3.63) is 83.4 Å². The van der Waals surface area contributed by atoms with Gasteiger partial charge in [-0.1, -0.05) is 42.5 Å². The molecule has 1 amide bonds. The first-order chi connectivity index (χ1) is 15.2. The fourth-order valence-electron chi connectivity index (χ4n) is 2.90. The summed E-state index contributed by atoms with van der Waals surface area (Å²) in [6.07, 6.45) is 1.50. The van der Waals surface area contributed by atoms with Gasteiger partial charge in [0.1, 0.15) is 12.4 Å². The van der Waals surface area contributed by atoms with E-state index in [0.29, 0.717) is 40.7 Å². The third-order valence-corrected chi connectivity index (χ3v) is 4.44. The summed E-state index contributed by atoms with van der Waals surface area (Å²) in [6, 6.07) is 20.2. The maximum Gasteiger partial charge on any atom is 0.275 e. The van der Waals surface area contributed by atoms with Gasteiger partial charge in [-0.05, 0) is 29.8 Å². The number of para-hydroxylation sites is 1. The van der Waals surface area contributed by atoms with Crippen LogP contribution in [0.4, 0.5) is 0 Å². The molecule has 0 unspecified atom stereocenters. The Morgan fingerprint density at radius 2 is 1.48 bits per heavy atom. The molecular weight excluding hydrogens is 396 g/mol. The molecule has 0 heterocycles. The van der Waals surface area contributed by atoms with Crippen molar-refractivity contribution in [2.75, 3.05) is 21.3 Å². The molecule has 0 aliphatic rings. The lowest BCUT2D eigenvalue weighted by molar-refractivity contribution is 0.0952. The fourth-order valence-corrected chi connectivity index (χ4v) is 2.90. The highest BCUT2D eigenvalue weighted by Gasteiger charge is 2.14. The van der Waals surface area contributed by atoms with Crippen LogP contribution in [0, 0.1) is 0 Å². The summed E-state index contributed by atoms with van der Waals surface area (Å²) in [5.41, 5.74) is 4.58. The maximum absolute atomic E-state index is 12.4. The van der Waals surface area contributed by atoms with E-state index in [0.717, 1.165) is 5.56 Å². The Labute approximate surface area is 181 Å². The van der Waals surface area contributed by atoms with E-state index in [1.807, 2.05) is 30.3 Å². The molecule has 3 rings (SSSR count). The van der Waals surface area contributed by atoms with E-state index < -0.39 is 0 Å². The molecule has 160 valence electrons. The van der Waals surface area contributed by atoms with Crippen LogP contribution in [0.2, 0.25) is 0 Å². The van der Waals surface area contributed by atoms with E-state index >= 15 is 0 Å². The molecule has 1 N–H and O–H groups in total. The summed E-state index contributed by atoms with van der Waals surface area (Å²) in [5, 5.41) is 4.04. The van der Waals surface area contributed by atoms with E-state index in [1.165, 1.54) is 13.3 Å². The van der Waals surface area contributed by atoms with Crippen LogP contribution in [-0.2, 0) is 6.61 Å². The Balaban J connectivity index is 1.75. The molecule has 0 saturated carbocycles. The molecule has 0 atom stereocenters. The molecule has 0 saturated heterocycles. The summed E-state index contributed by atoms with van der Waals surface area (Å²) < 4.78 is 22.1. The Morgan fingerprint density at radius 1 is 0.871 bits per heavy atom. The van der Waals surface area contributed by atoms with Crippen LogP contribution in [0.15, 0.2) is 71.8 Å². The first-order valence-corrected chi connectivity index (χ1v) is 9.55. The Kier molecular flexibility index (Phi) is 7.48. The predicted molar refractivity (Wildman–Crippen MR) is 118 cm³/mol. The minimum Gasteiger partial charge on any atom is -0.496 e. The van der Waals surface area contributed by atoms with Crippen molar-refractivity contribution in [3.8, 4) is 23.0 Å². The van der Waals surface area contributed by atoms with Crippen LogP contribution in [-0.4, -0.2) is 33.5 Å². The van der Waals surface area contributed by atoms with Gasteiger partial charge in [0.25, 0.3) is 5.91 Å². The summed E-state index contributed by atoms with van der Waals surface area (Å²) in [5.74, 6) is 1.57. The summed E-state index contributed by atoms with van der Waals surface area (Å²) in [6.45, 7) is 0.371. The molecule has 7 nitrogen and oxygen atoms in total. The SMILES string of the molecule is COc1ccccc1C(=O)N/N=C/c1cc(OC)c(OCc2ccccc2)c(OC)c1. The monoisotopic (exact) mass is 420 g/mol. The van der Waals surface area contributed by atoms with Gasteiger partial charge >= 0.3 is 0 Å². The lowest BCUT2D eigenvalue weighted by atomic mass is 10.2. The topological polar surface area (TPSA) is 78.4 Å². The van der Waals surface area contributed by atoms with Gasteiger partial charge in [-0.25, -0.2) is 5.43 Å². The lowest BCUT2D eigenvalue weighted by Crippen LogP contribution is -2.18. The molecule has 0 radical (unpaired) electrons. The number of carbonyl (C=O) groups is 1. The number of methoxy groups -OCH3 is 3. The van der Waals surface area contributed by atoms with Crippen molar-refractivity contribution in [1.82, 2.24) is 5.43 Å². The van der Waals surface area contributed by atoms with E-state index in [2.05, 4.69) is 10.5 Å². The average molecular weight is 420 g/mol. The van der Waals surface area contributed by atoms with Gasteiger partial charge in [-0.2, -0.15) is 5.10 Å². The summed E-state index contributed by atoms with van der Waals surface area (Å²) >= 11 is 0. The van der Waals surface area contributed by atoms with Gasteiger partial charge in [-0.3, -0.25) is 4.79 Å². The second kappa shape index (κ2) is 10.7. The number of hydrogen-bond donors (Lipinski definition) is 1. The molecular formula is C24H24N2O5. The van der Waals surface area contributed by atoms with Crippen molar-refractivity contribution in [3.63, 3.8) is 0 Å². The molecule has 0 aliphatic heterocycles. The first kappa shape index (κ1) is 21.7. The number of nitrogens with zero attached hydrogens (tertiary/aromatic N) is 1. The molecule has 0 spiro atoms. The predicted octanol–water partition coefficient (Wildman–Crippen LogP) is 4.06. The van der Waals surface area contributed by atoms with E-state index in [9.17, 15) is 4.79 Å². The molecule has 0 bridgehead atoms. The van der Waals surface area contributed by atoms with Crippen molar-refractivity contribution in [1.29, 1.82) is 0 Å². The highest BCUT2D eigenvalue weighted by Crippen LogP contribution is 2.38. The number of amides is 1. The Morgan fingerprint density at radius 3 is 2.13 bits per heavy atom. The van der Waals surface area contributed by atoms with Gasteiger partial charge in [0, 0.05) is 5.56 Å². The second-order valence-corrected chi connectivity index (χ2v) is 6.43. The molecule has 0 aliphatic carbocycles. The largest absolute Gasteiger partial charge is 0.496 e. The number of benzene rings is 3. The molecule has 0 fully saturated rings. The zero-order valence-electron chi connectivity index (χ0n) is 17.6. The van der Waals surface area contributed by atoms with Crippen molar-refractivity contribution in [2.24, 2.45) is 5.10 Å². The molecule has 7 heteroatoms. The standard InChI is InChI=1S/C24H24N2O5/c1-28-20-12-8-7-11-19(20)24(27)26-25-15-18-13-21(29-2)23(22(14-18)30-3)31-16-17-9-5-4-6-10-17/h4-15H,16H2,1-3H3,(H,26,27)/b25-15+. The van der Waals surface area contributed by atoms with E-state index in [1.54, 1.807) is 50.6 Å². The molecule has 31 heavy (non-hydrogen) atoms. The highest BCUT2D eigenvalue weighted by molar-refractivity contribution is 5.97. The third kappa shape index (κ3) is 5.54. The van der Waals surface area contributed by atoms with Crippen LogP contribution < -0.4 is 24.4 Å². The van der Waals surface area contributed by atoms with Crippen LogP contribution in [0.25, 0.3) is 0 Å². The summed E-state index contributed by atoms with van der Waals surface area (Å²) in [4.78, 5) is 12.4. The zero-order chi connectivity index (χ0) is 22.1. The van der Waals surface area contributed by atoms with Crippen molar-refractivity contribution < 1.29 is 23.7 Å². The van der Waals surface area contributed by atoms with Gasteiger partial charge in [-0.15, -0.1) is 0 Å². The minimum atomic E-state index is -0.379. The average Bonchev–Trinajstić information content (AvgIpc) is 2.83. The third-order valence-electron chi connectivity index (χ3n) is 4.44. The van der Waals surface area contributed by atoms with Crippen LogP contribution in [0.5, 0.6) is 23.0 Å². The number of hydrazone groups is 1. The van der Waals surface area contributed by atoms with Crippen LogP contribution in [0.3, 0.4) is 0 Å². The Hall–Kier alpha value is -4.00. The van der Waals surface area contributed by atoms with Crippen molar-refractivity contribution in [2.45, 2.75) is 6.61 Å². The first-order valence-electron chi connectivity index (χ1n) is 9.55. The number of ether oxygens (including phenoxy) is 4. The van der Waals surface area contributed by atoms with E-state index in [-0.39, 0.29) is 5.91 Å². The Bertz CT molecular complexity index is 1030.